The monoisotopic (exact) mass is 382 g/mol. The SMILES string of the molecule is CCCN(CCC)C(=O)c1nc(C(=O)N(C)c2ccccc2)n2c1CCCC2. The lowest BCUT2D eigenvalue weighted by molar-refractivity contribution is 0.0748. The zero-order valence-corrected chi connectivity index (χ0v) is 17.1. The molecule has 0 unspecified atom stereocenters. The van der Waals surface area contributed by atoms with E-state index in [4.69, 9.17) is 0 Å². The Kier molecular flexibility index (Phi) is 6.49. The Hall–Kier alpha value is -2.63. The largest absolute Gasteiger partial charge is 0.337 e. The van der Waals surface area contributed by atoms with Gasteiger partial charge in [-0.2, -0.15) is 0 Å². The van der Waals surface area contributed by atoms with Crippen LogP contribution in [0.1, 0.15) is 66.3 Å². The first kappa shape index (κ1) is 20.1. The van der Waals surface area contributed by atoms with Gasteiger partial charge in [0, 0.05) is 32.4 Å². The summed E-state index contributed by atoms with van der Waals surface area (Å²) in [7, 11) is 1.75. The van der Waals surface area contributed by atoms with Gasteiger partial charge in [-0.25, -0.2) is 4.98 Å². The van der Waals surface area contributed by atoms with Crippen LogP contribution in [0.5, 0.6) is 0 Å². The maximum atomic E-state index is 13.2. The summed E-state index contributed by atoms with van der Waals surface area (Å²) in [5.41, 5.74) is 2.19. The molecule has 6 nitrogen and oxygen atoms in total. The Bertz CT molecular complexity index is 823. The Labute approximate surface area is 167 Å². The normalized spacial score (nSPS) is 13.1. The van der Waals surface area contributed by atoms with Crippen molar-refractivity contribution in [3.05, 3.63) is 47.5 Å². The minimum absolute atomic E-state index is 0.0456. The summed E-state index contributed by atoms with van der Waals surface area (Å²) in [6, 6.07) is 9.53. The molecule has 0 aliphatic carbocycles. The van der Waals surface area contributed by atoms with Crippen molar-refractivity contribution >= 4 is 17.5 Å². The van der Waals surface area contributed by atoms with Gasteiger partial charge in [0.1, 0.15) is 5.69 Å². The second-order valence-electron chi connectivity index (χ2n) is 7.33. The third kappa shape index (κ3) is 3.96. The quantitative estimate of drug-likeness (QED) is 0.733. The molecule has 0 saturated heterocycles. The number of nitrogens with zero attached hydrogens (tertiary/aromatic N) is 4. The number of carbonyl (C=O) groups is 2. The van der Waals surface area contributed by atoms with Gasteiger partial charge in [-0.1, -0.05) is 32.0 Å². The van der Waals surface area contributed by atoms with Crippen LogP contribution >= 0.6 is 0 Å². The molecule has 0 atom stereocenters. The van der Waals surface area contributed by atoms with E-state index >= 15 is 0 Å². The Morgan fingerprint density at radius 3 is 2.36 bits per heavy atom. The lowest BCUT2D eigenvalue weighted by Crippen LogP contribution is -2.33. The van der Waals surface area contributed by atoms with E-state index < -0.39 is 0 Å². The maximum absolute atomic E-state index is 13.2. The van der Waals surface area contributed by atoms with E-state index in [2.05, 4.69) is 18.8 Å². The summed E-state index contributed by atoms with van der Waals surface area (Å²) < 4.78 is 1.97. The van der Waals surface area contributed by atoms with E-state index in [1.807, 2.05) is 39.8 Å². The number of benzene rings is 1. The lowest BCUT2D eigenvalue weighted by atomic mass is 10.1. The molecule has 0 N–H and O–H groups in total. The molecular formula is C22H30N4O2. The molecule has 3 rings (SSSR count). The molecule has 0 spiro atoms. The van der Waals surface area contributed by atoms with Crippen molar-refractivity contribution in [2.75, 3.05) is 25.0 Å². The summed E-state index contributed by atoms with van der Waals surface area (Å²) in [4.78, 5) is 34.5. The smallest absolute Gasteiger partial charge is 0.294 e. The number of para-hydroxylation sites is 1. The van der Waals surface area contributed by atoms with Crippen molar-refractivity contribution in [2.24, 2.45) is 0 Å². The number of imidazole rings is 1. The molecule has 0 radical (unpaired) electrons. The average molecular weight is 383 g/mol. The van der Waals surface area contributed by atoms with Gasteiger partial charge in [-0.3, -0.25) is 9.59 Å². The fourth-order valence-corrected chi connectivity index (χ4v) is 3.80. The van der Waals surface area contributed by atoms with Gasteiger partial charge >= 0.3 is 0 Å². The molecule has 1 aromatic heterocycles. The van der Waals surface area contributed by atoms with Crippen LogP contribution in [-0.2, 0) is 13.0 Å². The van der Waals surface area contributed by atoms with Crippen LogP contribution < -0.4 is 4.90 Å². The predicted molar refractivity (Wildman–Crippen MR) is 111 cm³/mol. The number of hydrogen-bond acceptors (Lipinski definition) is 3. The van der Waals surface area contributed by atoms with Gasteiger partial charge in [0.2, 0.25) is 5.82 Å². The second kappa shape index (κ2) is 9.04. The molecule has 2 heterocycles. The van der Waals surface area contributed by atoms with Gasteiger partial charge in [0.05, 0.1) is 5.69 Å². The maximum Gasteiger partial charge on any atom is 0.294 e. The molecule has 0 fully saturated rings. The van der Waals surface area contributed by atoms with Crippen LogP contribution in [0.2, 0.25) is 0 Å². The summed E-state index contributed by atoms with van der Waals surface area (Å²) in [5, 5.41) is 0. The van der Waals surface area contributed by atoms with Gasteiger partial charge < -0.3 is 14.4 Å². The Morgan fingerprint density at radius 2 is 1.71 bits per heavy atom. The molecular weight excluding hydrogens is 352 g/mol. The number of aromatic nitrogens is 2. The van der Waals surface area contributed by atoms with Crippen molar-refractivity contribution in [1.29, 1.82) is 0 Å². The molecule has 1 aromatic carbocycles. The number of fused-ring (bicyclic) bond motifs is 1. The molecule has 0 bridgehead atoms. The highest BCUT2D eigenvalue weighted by molar-refractivity contribution is 6.05. The lowest BCUT2D eigenvalue weighted by Gasteiger charge is -2.22. The summed E-state index contributed by atoms with van der Waals surface area (Å²) in [5.74, 6) is 0.152. The summed E-state index contributed by atoms with van der Waals surface area (Å²) in [6.45, 7) is 6.31. The molecule has 1 aliphatic heterocycles. The Balaban J connectivity index is 1.97. The molecule has 28 heavy (non-hydrogen) atoms. The van der Waals surface area contributed by atoms with E-state index in [1.165, 1.54) is 0 Å². The first-order valence-electron chi connectivity index (χ1n) is 10.3. The molecule has 2 aromatic rings. The van der Waals surface area contributed by atoms with Crippen LogP contribution in [0.25, 0.3) is 0 Å². The number of rotatable bonds is 7. The first-order chi connectivity index (χ1) is 13.6. The Morgan fingerprint density at radius 1 is 1.04 bits per heavy atom. The first-order valence-corrected chi connectivity index (χ1v) is 10.3. The minimum atomic E-state index is -0.175. The zero-order valence-electron chi connectivity index (χ0n) is 17.1. The van der Waals surface area contributed by atoms with Crippen LogP contribution in [0.3, 0.4) is 0 Å². The van der Waals surface area contributed by atoms with Crippen LogP contribution in [0.4, 0.5) is 5.69 Å². The highest BCUT2D eigenvalue weighted by atomic mass is 16.2. The van der Waals surface area contributed by atoms with E-state index in [-0.39, 0.29) is 11.8 Å². The van der Waals surface area contributed by atoms with E-state index in [0.29, 0.717) is 24.6 Å². The number of carbonyl (C=O) groups excluding carboxylic acids is 2. The van der Waals surface area contributed by atoms with Crippen LogP contribution in [-0.4, -0.2) is 46.4 Å². The summed E-state index contributed by atoms with van der Waals surface area (Å²) in [6.07, 6.45) is 4.63. The number of anilines is 1. The molecule has 2 amide bonds. The molecule has 6 heteroatoms. The standard InChI is InChI=1S/C22H30N4O2/c1-4-14-25(15-5-2)21(27)19-18-13-9-10-16-26(18)20(23-19)22(28)24(3)17-11-7-6-8-12-17/h6-8,11-12H,4-5,9-10,13-16H2,1-3H3. The van der Waals surface area contributed by atoms with Crippen LogP contribution in [0, 0.1) is 0 Å². The van der Waals surface area contributed by atoms with E-state index in [9.17, 15) is 9.59 Å². The highest BCUT2D eigenvalue weighted by Gasteiger charge is 2.30. The van der Waals surface area contributed by atoms with Crippen molar-refractivity contribution in [3.63, 3.8) is 0 Å². The third-order valence-corrected chi connectivity index (χ3v) is 5.23. The van der Waals surface area contributed by atoms with Crippen LogP contribution in [0.15, 0.2) is 30.3 Å². The van der Waals surface area contributed by atoms with Gasteiger partial charge in [0.15, 0.2) is 0 Å². The average Bonchev–Trinajstić information content (AvgIpc) is 3.12. The zero-order chi connectivity index (χ0) is 20.1. The molecule has 1 aliphatic rings. The van der Waals surface area contributed by atoms with Crippen molar-refractivity contribution < 1.29 is 9.59 Å². The highest BCUT2D eigenvalue weighted by Crippen LogP contribution is 2.24. The molecule has 150 valence electrons. The summed E-state index contributed by atoms with van der Waals surface area (Å²) >= 11 is 0. The second-order valence-corrected chi connectivity index (χ2v) is 7.33. The van der Waals surface area contributed by atoms with Gasteiger partial charge in [-0.05, 0) is 44.2 Å². The van der Waals surface area contributed by atoms with E-state index in [0.717, 1.165) is 50.0 Å². The third-order valence-electron chi connectivity index (χ3n) is 5.23. The predicted octanol–water partition coefficient (Wildman–Crippen LogP) is 3.76. The van der Waals surface area contributed by atoms with Crippen molar-refractivity contribution in [2.45, 2.75) is 52.5 Å². The van der Waals surface area contributed by atoms with Crippen molar-refractivity contribution in [1.82, 2.24) is 14.5 Å². The fraction of sp³-hybridized carbons (Fsp3) is 0.500. The number of hydrogen-bond donors (Lipinski definition) is 0. The van der Waals surface area contributed by atoms with E-state index in [1.54, 1.807) is 11.9 Å². The molecule has 0 saturated carbocycles. The van der Waals surface area contributed by atoms with Gasteiger partial charge in [0.25, 0.3) is 11.8 Å². The van der Waals surface area contributed by atoms with Crippen molar-refractivity contribution in [3.8, 4) is 0 Å². The minimum Gasteiger partial charge on any atom is -0.337 e. The number of amides is 2. The topological polar surface area (TPSA) is 58.4 Å². The fourth-order valence-electron chi connectivity index (χ4n) is 3.80. The van der Waals surface area contributed by atoms with Gasteiger partial charge in [-0.15, -0.1) is 0 Å².